The molecule has 192 valence electrons. The van der Waals surface area contributed by atoms with Crippen molar-refractivity contribution in [2.75, 3.05) is 5.73 Å². The summed E-state index contributed by atoms with van der Waals surface area (Å²) in [4.78, 5) is 0. The third kappa shape index (κ3) is 4.21. The summed E-state index contributed by atoms with van der Waals surface area (Å²) < 4.78 is 0. The molecule has 0 saturated heterocycles. The van der Waals surface area contributed by atoms with Gasteiger partial charge in [-0.15, -0.1) is 0 Å². The third-order valence-corrected chi connectivity index (χ3v) is 15.2. The van der Waals surface area contributed by atoms with E-state index in [4.69, 9.17) is 5.73 Å². The molecular formula is C32H41NP2Pd+2. The number of hydrogen-bond acceptors (Lipinski definition) is 1. The quantitative estimate of drug-likeness (QED) is 0.213. The zero-order valence-electron chi connectivity index (χ0n) is 21.4. The van der Waals surface area contributed by atoms with Gasteiger partial charge in [-0.25, -0.2) is 0 Å². The number of anilines is 1. The van der Waals surface area contributed by atoms with Gasteiger partial charge in [0.25, 0.3) is 0 Å². The first-order valence-corrected chi connectivity index (χ1v) is 16.6. The fraction of sp³-hybridized carbons (Fsp3) is 0.625. The molecule has 2 aromatic rings. The van der Waals surface area contributed by atoms with E-state index in [1.165, 1.54) is 68.9 Å². The second-order valence-corrected chi connectivity index (χ2v) is 17.6. The molecule has 2 N–H and O–H groups in total. The van der Waals surface area contributed by atoms with Crippen molar-refractivity contribution in [3.05, 3.63) is 42.5 Å². The molecule has 1 nitrogen and oxygen atoms in total. The van der Waals surface area contributed by atoms with Crippen LogP contribution < -0.4 is 16.3 Å². The van der Waals surface area contributed by atoms with Crippen molar-refractivity contribution in [1.29, 1.82) is 0 Å². The Morgan fingerprint density at radius 1 is 0.583 bits per heavy atom. The Morgan fingerprint density at radius 3 is 1.50 bits per heavy atom. The number of nitrogen functional groups attached to an aromatic ring is 1. The van der Waals surface area contributed by atoms with Gasteiger partial charge in [-0.2, -0.15) is 0 Å². The van der Waals surface area contributed by atoms with Crippen LogP contribution in [0.15, 0.2) is 42.5 Å². The van der Waals surface area contributed by atoms with Crippen LogP contribution in [0.4, 0.5) is 5.69 Å². The molecule has 0 spiro atoms. The molecular weight excluding hydrogens is 567 g/mol. The van der Waals surface area contributed by atoms with Crippen LogP contribution in [-0.2, 0) is 20.4 Å². The van der Waals surface area contributed by atoms with Crippen LogP contribution >= 0.6 is 17.2 Å². The predicted octanol–water partition coefficient (Wildman–Crippen LogP) is 7.48. The summed E-state index contributed by atoms with van der Waals surface area (Å²) in [6.45, 7) is 0. The second-order valence-electron chi connectivity index (χ2n) is 14.0. The molecule has 0 aliphatic heterocycles. The Morgan fingerprint density at radius 2 is 1.03 bits per heavy atom. The second kappa shape index (κ2) is 9.16. The summed E-state index contributed by atoms with van der Waals surface area (Å²) in [5.41, 5.74) is 10.9. The van der Waals surface area contributed by atoms with Gasteiger partial charge in [0, 0.05) is 16.6 Å². The van der Waals surface area contributed by atoms with Crippen LogP contribution in [-0.4, -0.2) is 10.3 Å². The van der Waals surface area contributed by atoms with Crippen molar-refractivity contribution in [2.24, 2.45) is 35.5 Å². The van der Waals surface area contributed by atoms with E-state index in [9.17, 15) is 0 Å². The topological polar surface area (TPSA) is 26.0 Å². The van der Waals surface area contributed by atoms with Crippen LogP contribution in [0.1, 0.15) is 77.0 Å². The maximum Gasteiger partial charge on any atom is 2.00 e. The summed E-state index contributed by atoms with van der Waals surface area (Å²) in [6.07, 6.45) is 18.2. The Hall–Kier alpha value is -0.238. The standard InChI is InChI=1S/C32H41NP2.Pd/c33-29-27(26-4-2-1-3-5-26)6-7-28(34-31-14-20-8-21(15-31)10-22(9-20)16-31)30(29)35-32-17-23-11-24(18-32)13-25(12-23)19-32;/h1-7,20-25,34-35H,8-19,33H2;/q;+2. The van der Waals surface area contributed by atoms with E-state index in [2.05, 4.69) is 42.5 Å². The molecule has 10 rings (SSSR count). The van der Waals surface area contributed by atoms with E-state index >= 15 is 0 Å². The first kappa shape index (κ1) is 24.8. The van der Waals surface area contributed by atoms with E-state index in [-0.39, 0.29) is 20.4 Å². The normalized spacial score (nSPS) is 42.1. The van der Waals surface area contributed by atoms with Crippen LogP contribution in [0.2, 0.25) is 0 Å². The Labute approximate surface area is 235 Å². The fourth-order valence-corrected chi connectivity index (χ4v) is 15.5. The smallest absolute Gasteiger partial charge is 0.398 e. The molecule has 8 fully saturated rings. The molecule has 8 bridgehead atoms. The summed E-state index contributed by atoms with van der Waals surface area (Å²) in [6, 6.07) is 15.9. The first-order valence-electron chi connectivity index (χ1n) is 14.6. The van der Waals surface area contributed by atoms with Gasteiger partial charge in [0.05, 0.1) is 0 Å². The monoisotopic (exact) mass is 607 g/mol. The van der Waals surface area contributed by atoms with E-state index in [1.54, 1.807) is 29.9 Å². The zero-order valence-corrected chi connectivity index (χ0v) is 24.9. The number of hydrogen-bond donors (Lipinski definition) is 1. The molecule has 8 aliphatic rings. The van der Waals surface area contributed by atoms with Crippen molar-refractivity contribution < 1.29 is 20.4 Å². The van der Waals surface area contributed by atoms with Crippen molar-refractivity contribution >= 4 is 33.5 Å². The van der Waals surface area contributed by atoms with Crippen molar-refractivity contribution in [3.63, 3.8) is 0 Å². The average Bonchev–Trinajstić information content (AvgIpc) is 2.80. The van der Waals surface area contributed by atoms with Gasteiger partial charge in [-0.05, 0) is 134 Å². The van der Waals surface area contributed by atoms with Gasteiger partial charge in [0.1, 0.15) is 0 Å². The third-order valence-electron chi connectivity index (χ3n) is 11.2. The molecule has 8 aliphatic carbocycles. The molecule has 0 heterocycles. The molecule has 0 radical (unpaired) electrons. The molecule has 36 heavy (non-hydrogen) atoms. The van der Waals surface area contributed by atoms with E-state index in [0.717, 1.165) is 58.4 Å². The summed E-state index contributed by atoms with van der Waals surface area (Å²) in [5.74, 6) is 6.14. The van der Waals surface area contributed by atoms with E-state index < -0.39 is 0 Å². The van der Waals surface area contributed by atoms with Gasteiger partial charge in [-0.3, -0.25) is 0 Å². The Bertz CT molecular complexity index is 1070. The fourth-order valence-electron chi connectivity index (χ4n) is 10.8. The summed E-state index contributed by atoms with van der Waals surface area (Å²) >= 11 is 0. The van der Waals surface area contributed by atoms with Crippen molar-refractivity contribution in [3.8, 4) is 11.1 Å². The van der Waals surface area contributed by atoms with Gasteiger partial charge < -0.3 is 5.73 Å². The maximum absolute atomic E-state index is 7.22. The van der Waals surface area contributed by atoms with Crippen molar-refractivity contribution in [2.45, 2.75) is 87.4 Å². The number of rotatable bonds is 5. The van der Waals surface area contributed by atoms with E-state index in [0.29, 0.717) is 10.3 Å². The Kier molecular flexibility index (Phi) is 6.31. The molecule has 2 aromatic carbocycles. The van der Waals surface area contributed by atoms with Crippen LogP contribution in [0.5, 0.6) is 0 Å². The molecule has 8 saturated carbocycles. The zero-order chi connectivity index (χ0) is 23.2. The predicted molar refractivity (Wildman–Crippen MR) is 154 cm³/mol. The summed E-state index contributed by atoms with van der Waals surface area (Å²) in [5, 5.41) is 4.47. The maximum atomic E-state index is 7.22. The molecule has 2 atom stereocenters. The molecule has 2 unspecified atom stereocenters. The van der Waals surface area contributed by atoms with E-state index in [1.807, 2.05) is 0 Å². The molecule has 4 heteroatoms. The number of benzene rings is 2. The minimum absolute atomic E-state index is 0. The first-order chi connectivity index (χ1) is 17.0. The largest absolute Gasteiger partial charge is 2.00 e. The van der Waals surface area contributed by atoms with Crippen LogP contribution in [0, 0.1) is 35.5 Å². The van der Waals surface area contributed by atoms with Crippen molar-refractivity contribution in [1.82, 2.24) is 0 Å². The van der Waals surface area contributed by atoms with Gasteiger partial charge in [0.2, 0.25) is 0 Å². The SMILES string of the molecule is Nc1c(-c2ccccc2)ccc(PC23CC4CC(CC(C4)C2)C3)c1PC12CC3CC(CC(C3)C1)C2.[Pd+2]. The molecule has 0 amide bonds. The van der Waals surface area contributed by atoms with Crippen LogP contribution in [0.3, 0.4) is 0 Å². The van der Waals surface area contributed by atoms with Gasteiger partial charge >= 0.3 is 20.4 Å². The van der Waals surface area contributed by atoms with Gasteiger partial charge in [-0.1, -0.05) is 59.6 Å². The van der Waals surface area contributed by atoms with Gasteiger partial charge in [0.15, 0.2) is 0 Å². The number of nitrogens with two attached hydrogens (primary N) is 1. The minimum Gasteiger partial charge on any atom is -0.398 e. The van der Waals surface area contributed by atoms with Crippen LogP contribution in [0.25, 0.3) is 11.1 Å². The average molecular weight is 608 g/mol. The Balaban J connectivity index is 0.00000220. The summed E-state index contributed by atoms with van der Waals surface area (Å²) in [7, 11) is 1.90. The minimum atomic E-state index is 0. The molecule has 0 aromatic heterocycles.